The Morgan fingerprint density at radius 3 is 2.36 bits per heavy atom. The van der Waals surface area contributed by atoms with Crippen LogP contribution in [0.5, 0.6) is 5.75 Å². The van der Waals surface area contributed by atoms with Gasteiger partial charge in [-0.15, -0.1) is 0 Å². The zero-order valence-corrected chi connectivity index (χ0v) is 16.7. The van der Waals surface area contributed by atoms with Crippen molar-refractivity contribution < 1.29 is 13.2 Å². The van der Waals surface area contributed by atoms with Gasteiger partial charge in [0, 0.05) is 11.6 Å². The summed E-state index contributed by atoms with van der Waals surface area (Å²) in [6.07, 6.45) is -0.542. The molecular formula is C21H19ClN2O3S. The van der Waals surface area contributed by atoms with Crippen molar-refractivity contribution in [1.29, 1.82) is 0 Å². The largest absolute Gasteiger partial charge is 0.497 e. The predicted molar refractivity (Wildman–Crippen MR) is 110 cm³/mol. The van der Waals surface area contributed by atoms with Crippen LogP contribution in [0.1, 0.15) is 17.3 Å². The van der Waals surface area contributed by atoms with Gasteiger partial charge < -0.3 is 10.1 Å². The summed E-state index contributed by atoms with van der Waals surface area (Å²) in [5.41, 5.74) is 2.27. The number of nitrogens with one attached hydrogen (secondary N) is 1. The third-order valence-corrected chi connectivity index (χ3v) is 6.86. The Hall–Kier alpha value is -2.54. The second-order valence-electron chi connectivity index (χ2n) is 6.49. The van der Waals surface area contributed by atoms with E-state index in [4.69, 9.17) is 16.3 Å². The lowest BCUT2D eigenvalue weighted by molar-refractivity contribution is 0.336. The molecule has 3 aromatic carbocycles. The molecule has 0 aliphatic carbocycles. The summed E-state index contributed by atoms with van der Waals surface area (Å²) in [6, 6.07) is 21.5. The highest BCUT2D eigenvalue weighted by Gasteiger charge is 2.38. The molecule has 3 aromatic rings. The minimum Gasteiger partial charge on any atom is -0.497 e. The zero-order valence-electron chi connectivity index (χ0n) is 15.2. The summed E-state index contributed by atoms with van der Waals surface area (Å²) < 4.78 is 33.5. The molecule has 0 bridgehead atoms. The SMILES string of the molecule is COc1ccc(CN2C(c3ccc(Cl)cc3)Nc3ccccc3S2(=O)=O)cc1. The van der Waals surface area contributed by atoms with Gasteiger partial charge in [-0.1, -0.05) is 48.0 Å². The Morgan fingerprint density at radius 2 is 1.68 bits per heavy atom. The van der Waals surface area contributed by atoms with Crippen LogP contribution in [0.15, 0.2) is 77.7 Å². The molecule has 0 saturated carbocycles. The summed E-state index contributed by atoms with van der Waals surface area (Å²) in [5, 5.41) is 3.96. The van der Waals surface area contributed by atoms with Crippen LogP contribution < -0.4 is 10.1 Å². The van der Waals surface area contributed by atoms with E-state index >= 15 is 0 Å². The lowest BCUT2D eigenvalue weighted by Crippen LogP contribution is -2.42. The van der Waals surface area contributed by atoms with Crippen molar-refractivity contribution in [2.75, 3.05) is 12.4 Å². The number of methoxy groups -OCH3 is 1. The van der Waals surface area contributed by atoms with Crippen molar-refractivity contribution in [2.24, 2.45) is 0 Å². The van der Waals surface area contributed by atoms with Gasteiger partial charge in [-0.25, -0.2) is 8.42 Å². The molecule has 0 spiro atoms. The summed E-state index contributed by atoms with van der Waals surface area (Å²) in [7, 11) is -2.10. The first-order valence-electron chi connectivity index (χ1n) is 8.75. The van der Waals surface area contributed by atoms with Crippen LogP contribution >= 0.6 is 11.6 Å². The van der Waals surface area contributed by atoms with Gasteiger partial charge in [0.2, 0.25) is 10.0 Å². The molecule has 1 aliphatic rings. The van der Waals surface area contributed by atoms with E-state index in [-0.39, 0.29) is 11.4 Å². The molecule has 1 aliphatic heterocycles. The normalized spacial score (nSPS) is 18.1. The summed E-state index contributed by atoms with van der Waals surface area (Å²) in [5.74, 6) is 0.725. The highest BCUT2D eigenvalue weighted by atomic mass is 35.5. The van der Waals surface area contributed by atoms with E-state index < -0.39 is 16.2 Å². The molecule has 1 heterocycles. The quantitative estimate of drug-likeness (QED) is 0.674. The Kier molecular flexibility index (Phi) is 5.02. The van der Waals surface area contributed by atoms with Gasteiger partial charge in [0.25, 0.3) is 0 Å². The predicted octanol–water partition coefficient (Wildman–Crippen LogP) is 4.66. The fourth-order valence-corrected chi connectivity index (χ4v) is 5.08. The fraction of sp³-hybridized carbons (Fsp3) is 0.143. The van der Waals surface area contributed by atoms with Gasteiger partial charge in [0.1, 0.15) is 16.8 Å². The third-order valence-electron chi connectivity index (χ3n) is 4.74. The number of sulfonamides is 1. The Bertz CT molecular complexity index is 1080. The Morgan fingerprint density at radius 1 is 1.00 bits per heavy atom. The van der Waals surface area contributed by atoms with Crippen LogP contribution in [-0.2, 0) is 16.6 Å². The number of nitrogens with zero attached hydrogens (tertiary/aromatic N) is 1. The highest BCUT2D eigenvalue weighted by Crippen LogP contribution is 2.39. The molecule has 0 amide bonds. The van der Waals surface area contributed by atoms with E-state index in [2.05, 4.69) is 5.32 Å². The van der Waals surface area contributed by atoms with Gasteiger partial charge in [-0.3, -0.25) is 0 Å². The minimum absolute atomic E-state index is 0.223. The van der Waals surface area contributed by atoms with Crippen LogP contribution in [0, 0.1) is 0 Å². The molecule has 144 valence electrons. The molecule has 1 unspecified atom stereocenters. The topological polar surface area (TPSA) is 58.6 Å². The zero-order chi connectivity index (χ0) is 19.7. The second-order valence-corrected chi connectivity index (χ2v) is 8.79. The Labute approximate surface area is 169 Å². The molecule has 28 heavy (non-hydrogen) atoms. The summed E-state index contributed by atoms with van der Waals surface area (Å²) in [6.45, 7) is 0.223. The number of ether oxygens (including phenoxy) is 1. The number of halogens is 1. The maximum absolute atomic E-state index is 13.4. The first-order valence-corrected chi connectivity index (χ1v) is 10.6. The van der Waals surface area contributed by atoms with Crippen LogP contribution in [0.25, 0.3) is 0 Å². The number of rotatable bonds is 4. The van der Waals surface area contributed by atoms with Gasteiger partial charge in [-0.2, -0.15) is 4.31 Å². The molecule has 0 saturated heterocycles. The number of benzene rings is 3. The van der Waals surface area contributed by atoms with E-state index in [0.29, 0.717) is 10.7 Å². The second kappa shape index (κ2) is 7.47. The summed E-state index contributed by atoms with van der Waals surface area (Å²) >= 11 is 6.02. The first-order chi connectivity index (χ1) is 13.5. The van der Waals surface area contributed by atoms with Crippen molar-refractivity contribution >= 4 is 27.3 Å². The number of hydrogen-bond donors (Lipinski definition) is 1. The van der Waals surface area contributed by atoms with Crippen molar-refractivity contribution in [1.82, 2.24) is 4.31 Å². The first kappa shape index (κ1) is 18.8. The van der Waals surface area contributed by atoms with Gasteiger partial charge in [-0.05, 0) is 47.5 Å². The number of fused-ring (bicyclic) bond motifs is 1. The van der Waals surface area contributed by atoms with Crippen molar-refractivity contribution in [3.05, 3.63) is 88.9 Å². The van der Waals surface area contributed by atoms with Gasteiger partial charge >= 0.3 is 0 Å². The average Bonchev–Trinajstić information content (AvgIpc) is 2.71. The van der Waals surface area contributed by atoms with Crippen LogP contribution in [0.2, 0.25) is 5.02 Å². The van der Waals surface area contributed by atoms with Crippen LogP contribution in [0.3, 0.4) is 0 Å². The monoisotopic (exact) mass is 414 g/mol. The van der Waals surface area contributed by atoms with Crippen molar-refractivity contribution in [3.63, 3.8) is 0 Å². The molecule has 1 atom stereocenters. The fourth-order valence-electron chi connectivity index (χ4n) is 3.28. The number of hydrogen-bond acceptors (Lipinski definition) is 4. The standard InChI is InChI=1S/C21H19ClN2O3S/c1-27-18-12-6-15(7-13-18)14-24-21(16-8-10-17(22)11-9-16)23-19-4-2-3-5-20(19)28(24,25)26/h2-13,21,23H,14H2,1H3. The molecule has 0 aromatic heterocycles. The van der Waals surface area contributed by atoms with Crippen molar-refractivity contribution in [3.8, 4) is 5.75 Å². The van der Waals surface area contributed by atoms with Gasteiger partial charge in [0.15, 0.2) is 0 Å². The number of para-hydroxylation sites is 1. The van der Waals surface area contributed by atoms with Crippen LogP contribution in [-0.4, -0.2) is 19.8 Å². The molecule has 0 radical (unpaired) electrons. The maximum Gasteiger partial charge on any atom is 0.247 e. The molecular weight excluding hydrogens is 396 g/mol. The molecule has 4 rings (SSSR count). The maximum atomic E-state index is 13.4. The van der Waals surface area contributed by atoms with E-state index in [0.717, 1.165) is 16.9 Å². The molecule has 0 fully saturated rings. The van der Waals surface area contributed by atoms with E-state index in [9.17, 15) is 8.42 Å². The summed E-state index contributed by atoms with van der Waals surface area (Å²) in [4.78, 5) is 0.272. The third kappa shape index (κ3) is 3.46. The van der Waals surface area contributed by atoms with Gasteiger partial charge in [0.05, 0.1) is 12.8 Å². The molecule has 5 nitrogen and oxygen atoms in total. The van der Waals surface area contributed by atoms with E-state index in [1.165, 1.54) is 4.31 Å². The van der Waals surface area contributed by atoms with E-state index in [1.807, 2.05) is 42.5 Å². The highest BCUT2D eigenvalue weighted by molar-refractivity contribution is 7.89. The average molecular weight is 415 g/mol. The smallest absolute Gasteiger partial charge is 0.247 e. The Balaban J connectivity index is 1.78. The minimum atomic E-state index is -3.70. The number of anilines is 1. The van der Waals surface area contributed by atoms with Crippen molar-refractivity contribution in [2.45, 2.75) is 17.6 Å². The molecule has 7 heteroatoms. The lowest BCUT2D eigenvalue weighted by atomic mass is 10.1. The van der Waals surface area contributed by atoms with Crippen LogP contribution in [0.4, 0.5) is 5.69 Å². The lowest BCUT2D eigenvalue weighted by Gasteiger charge is -2.37. The molecule has 1 N–H and O–H groups in total. The van der Waals surface area contributed by atoms with E-state index in [1.54, 1.807) is 37.4 Å².